The van der Waals surface area contributed by atoms with Crippen LogP contribution in [0, 0.1) is 12.8 Å². The summed E-state index contributed by atoms with van der Waals surface area (Å²) in [5, 5.41) is 15.1. The zero-order chi connectivity index (χ0) is 14.7. The third-order valence-electron chi connectivity index (χ3n) is 4.45. The molecule has 3 rings (SSSR count). The Balaban J connectivity index is 1.76. The largest absolute Gasteiger partial charge is 0.382 e. The molecule has 5 heteroatoms. The van der Waals surface area contributed by atoms with Gasteiger partial charge in [-0.1, -0.05) is 25.8 Å². The van der Waals surface area contributed by atoms with Gasteiger partial charge in [-0.15, -0.1) is 5.10 Å². The maximum absolute atomic E-state index is 3.96. The van der Waals surface area contributed by atoms with Gasteiger partial charge in [0.2, 0.25) is 0 Å². The van der Waals surface area contributed by atoms with E-state index in [1.807, 2.05) is 6.07 Å². The molecule has 2 atom stereocenters. The van der Waals surface area contributed by atoms with E-state index in [0.29, 0.717) is 6.04 Å². The highest BCUT2D eigenvalue weighted by Gasteiger charge is 2.16. The SMILES string of the molecule is Cc1ccc(-n2cnnn2)cc1NC1CCCC(C)CC1. The molecule has 2 unspecified atom stereocenters. The molecule has 0 aliphatic heterocycles. The summed E-state index contributed by atoms with van der Waals surface area (Å²) in [6, 6.07) is 6.89. The van der Waals surface area contributed by atoms with Gasteiger partial charge >= 0.3 is 0 Å². The number of aromatic nitrogens is 4. The minimum Gasteiger partial charge on any atom is -0.382 e. The Labute approximate surface area is 125 Å². The molecule has 0 bridgehead atoms. The van der Waals surface area contributed by atoms with Crippen LogP contribution >= 0.6 is 0 Å². The molecule has 1 fully saturated rings. The lowest BCUT2D eigenvalue weighted by Crippen LogP contribution is -2.19. The molecular formula is C16H23N5. The van der Waals surface area contributed by atoms with E-state index in [-0.39, 0.29) is 0 Å². The molecule has 5 nitrogen and oxygen atoms in total. The highest BCUT2D eigenvalue weighted by Crippen LogP contribution is 2.27. The zero-order valence-corrected chi connectivity index (χ0v) is 12.8. The number of rotatable bonds is 3. The molecule has 0 amide bonds. The number of nitrogens with zero attached hydrogens (tertiary/aromatic N) is 4. The third-order valence-corrected chi connectivity index (χ3v) is 4.45. The second kappa shape index (κ2) is 6.24. The molecule has 0 spiro atoms. The molecule has 1 aliphatic rings. The van der Waals surface area contributed by atoms with Crippen LogP contribution in [-0.4, -0.2) is 26.2 Å². The van der Waals surface area contributed by atoms with Gasteiger partial charge < -0.3 is 5.32 Å². The number of nitrogens with one attached hydrogen (secondary N) is 1. The van der Waals surface area contributed by atoms with Crippen LogP contribution in [0.2, 0.25) is 0 Å². The van der Waals surface area contributed by atoms with Crippen LogP contribution in [0.3, 0.4) is 0 Å². The van der Waals surface area contributed by atoms with Crippen molar-refractivity contribution in [3.8, 4) is 5.69 Å². The van der Waals surface area contributed by atoms with Crippen molar-refractivity contribution < 1.29 is 0 Å². The van der Waals surface area contributed by atoms with Gasteiger partial charge in [-0.05, 0) is 60.2 Å². The van der Waals surface area contributed by atoms with E-state index in [2.05, 4.69) is 46.8 Å². The van der Waals surface area contributed by atoms with Crippen molar-refractivity contribution in [2.75, 3.05) is 5.32 Å². The number of anilines is 1. The number of hydrogen-bond acceptors (Lipinski definition) is 4. The first-order valence-corrected chi connectivity index (χ1v) is 7.83. The number of tetrazole rings is 1. The number of hydrogen-bond donors (Lipinski definition) is 1. The fourth-order valence-electron chi connectivity index (χ4n) is 3.04. The van der Waals surface area contributed by atoms with Gasteiger partial charge in [0, 0.05) is 11.7 Å². The van der Waals surface area contributed by atoms with E-state index in [9.17, 15) is 0 Å². The lowest BCUT2D eigenvalue weighted by Gasteiger charge is -2.20. The standard InChI is InChI=1S/C16H23N5/c1-12-4-3-5-14(8-6-12)18-16-10-15(9-7-13(16)2)21-11-17-19-20-21/h7,9-12,14,18H,3-6,8H2,1-2H3. The summed E-state index contributed by atoms with van der Waals surface area (Å²) in [6.07, 6.45) is 8.16. The molecule has 1 aromatic carbocycles. The average Bonchev–Trinajstić information content (AvgIpc) is 2.93. The Kier molecular flexibility index (Phi) is 4.18. The van der Waals surface area contributed by atoms with Crippen LogP contribution in [0.15, 0.2) is 24.5 Å². The molecule has 1 saturated carbocycles. The molecule has 1 heterocycles. The van der Waals surface area contributed by atoms with Crippen LogP contribution in [0.5, 0.6) is 0 Å². The molecule has 1 aromatic heterocycles. The summed E-state index contributed by atoms with van der Waals surface area (Å²) in [7, 11) is 0. The van der Waals surface area contributed by atoms with E-state index >= 15 is 0 Å². The van der Waals surface area contributed by atoms with Crippen molar-refractivity contribution >= 4 is 5.69 Å². The minimum atomic E-state index is 0.581. The van der Waals surface area contributed by atoms with E-state index in [0.717, 1.165) is 11.6 Å². The van der Waals surface area contributed by atoms with Crippen molar-refractivity contribution in [2.45, 2.75) is 52.0 Å². The van der Waals surface area contributed by atoms with Crippen LogP contribution in [-0.2, 0) is 0 Å². The Morgan fingerprint density at radius 3 is 2.90 bits per heavy atom. The lowest BCUT2D eigenvalue weighted by atomic mass is 10.0. The monoisotopic (exact) mass is 285 g/mol. The van der Waals surface area contributed by atoms with Crippen molar-refractivity contribution in [3.05, 3.63) is 30.1 Å². The smallest absolute Gasteiger partial charge is 0.143 e. The van der Waals surface area contributed by atoms with Crippen molar-refractivity contribution in [2.24, 2.45) is 5.92 Å². The van der Waals surface area contributed by atoms with Crippen LogP contribution in [0.1, 0.15) is 44.6 Å². The Morgan fingerprint density at radius 1 is 1.19 bits per heavy atom. The van der Waals surface area contributed by atoms with Crippen LogP contribution in [0.4, 0.5) is 5.69 Å². The summed E-state index contributed by atoms with van der Waals surface area (Å²) in [4.78, 5) is 0. The van der Waals surface area contributed by atoms with Gasteiger partial charge in [-0.2, -0.15) is 0 Å². The molecule has 112 valence electrons. The Bertz CT molecular complexity index is 578. The molecule has 21 heavy (non-hydrogen) atoms. The van der Waals surface area contributed by atoms with Gasteiger partial charge in [0.05, 0.1) is 5.69 Å². The summed E-state index contributed by atoms with van der Waals surface area (Å²) in [5.41, 5.74) is 3.46. The van der Waals surface area contributed by atoms with Crippen molar-refractivity contribution in [3.63, 3.8) is 0 Å². The summed E-state index contributed by atoms with van der Waals surface area (Å²) < 4.78 is 1.69. The summed E-state index contributed by atoms with van der Waals surface area (Å²) in [5.74, 6) is 0.866. The minimum absolute atomic E-state index is 0.581. The zero-order valence-electron chi connectivity index (χ0n) is 12.8. The molecule has 2 aromatic rings. The van der Waals surface area contributed by atoms with Gasteiger partial charge in [0.1, 0.15) is 6.33 Å². The van der Waals surface area contributed by atoms with Crippen LogP contribution in [0.25, 0.3) is 5.69 Å². The van der Waals surface area contributed by atoms with Crippen molar-refractivity contribution in [1.82, 2.24) is 20.2 Å². The fourth-order valence-corrected chi connectivity index (χ4v) is 3.04. The first-order valence-electron chi connectivity index (χ1n) is 7.83. The van der Waals surface area contributed by atoms with Gasteiger partial charge in [-0.3, -0.25) is 0 Å². The lowest BCUT2D eigenvalue weighted by molar-refractivity contribution is 0.502. The van der Waals surface area contributed by atoms with Gasteiger partial charge in [0.15, 0.2) is 0 Å². The quantitative estimate of drug-likeness (QED) is 0.879. The molecule has 1 aliphatic carbocycles. The van der Waals surface area contributed by atoms with E-state index in [4.69, 9.17) is 0 Å². The highest BCUT2D eigenvalue weighted by atomic mass is 15.5. The van der Waals surface area contributed by atoms with Crippen LogP contribution < -0.4 is 5.32 Å². The summed E-state index contributed by atoms with van der Waals surface area (Å²) >= 11 is 0. The van der Waals surface area contributed by atoms with E-state index in [1.165, 1.54) is 43.4 Å². The number of aryl methyl sites for hydroxylation is 1. The van der Waals surface area contributed by atoms with E-state index < -0.39 is 0 Å². The fraction of sp³-hybridized carbons (Fsp3) is 0.562. The second-order valence-corrected chi connectivity index (χ2v) is 6.21. The normalized spacial score (nSPS) is 22.8. The van der Waals surface area contributed by atoms with E-state index in [1.54, 1.807) is 11.0 Å². The Hall–Kier alpha value is -1.91. The van der Waals surface area contributed by atoms with Gasteiger partial charge in [0.25, 0.3) is 0 Å². The number of benzene rings is 1. The second-order valence-electron chi connectivity index (χ2n) is 6.21. The molecule has 0 saturated heterocycles. The van der Waals surface area contributed by atoms with Gasteiger partial charge in [-0.25, -0.2) is 4.68 Å². The highest BCUT2D eigenvalue weighted by molar-refractivity contribution is 5.57. The predicted octanol–water partition coefficient (Wildman–Crippen LogP) is 3.35. The third kappa shape index (κ3) is 3.40. The topological polar surface area (TPSA) is 55.6 Å². The average molecular weight is 285 g/mol. The molecule has 1 N–H and O–H groups in total. The molecule has 0 radical (unpaired) electrons. The molecular weight excluding hydrogens is 262 g/mol. The van der Waals surface area contributed by atoms with Crippen molar-refractivity contribution in [1.29, 1.82) is 0 Å². The first-order chi connectivity index (χ1) is 10.2. The maximum atomic E-state index is 3.96. The summed E-state index contributed by atoms with van der Waals surface area (Å²) in [6.45, 7) is 4.51. The first kappa shape index (κ1) is 14.0. The maximum Gasteiger partial charge on any atom is 0.143 e. The predicted molar refractivity (Wildman–Crippen MR) is 83.6 cm³/mol. The Morgan fingerprint density at radius 2 is 2.10 bits per heavy atom.